The van der Waals surface area contributed by atoms with Gasteiger partial charge in [0.2, 0.25) is 0 Å². The van der Waals surface area contributed by atoms with Crippen molar-refractivity contribution in [3.05, 3.63) is 60.5 Å². The first kappa shape index (κ1) is 19.6. The molecule has 0 aliphatic carbocycles. The number of allylic oxidation sites excluding steroid dienone is 2. The molecule has 7 nitrogen and oxygen atoms in total. The predicted octanol–water partition coefficient (Wildman–Crippen LogP) is 1.60. The van der Waals surface area contributed by atoms with Crippen molar-refractivity contribution in [1.29, 1.82) is 0 Å². The first-order valence-electron chi connectivity index (χ1n) is 8.28. The Balaban J connectivity index is 2.36. The van der Waals surface area contributed by atoms with E-state index in [0.717, 1.165) is 0 Å². The fraction of sp³-hybridized carbons (Fsp3) is 0.263. The normalized spacial score (nSPS) is 11.3. The Kier molecular flexibility index (Phi) is 7.28. The number of aliphatic hydroxyl groups is 2. The minimum absolute atomic E-state index is 0.0249. The van der Waals surface area contributed by atoms with E-state index < -0.39 is 0 Å². The molecule has 1 heterocycles. The Hall–Kier alpha value is -2.74. The third-order valence-corrected chi connectivity index (χ3v) is 3.79. The van der Waals surface area contributed by atoms with Crippen LogP contribution in [-0.4, -0.2) is 61.5 Å². The number of hydrogen-bond acceptors (Lipinski definition) is 6. The third-order valence-electron chi connectivity index (χ3n) is 3.79. The summed E-state index contributed by atoms with van der Waals surface area (Å²) in [4.78, 5) is 3.21. The maximum atomic E-state index is 10.7. The predicted molar refractivity (Wildman–Crippen MR) is 102 cm³/mol. The Morgan fingerprint density at radius 3 is 2.38 bits per heavy atom. The highest BCUT2D eigenvalue weighted by atomic mass is 16.3. The number of phenols is 1. The lowest BCUT2D eigenvalue weighted by atomic mass is 10.1. The monoisotopic (exact) mass is 356 g/mol. The van der Waals surface area contributed by atoms with Crippen molar-refractivity contribution in [2.45, 2.75) is 6.54 Å². The van der Waals surface area contributed by atoms with Gasteiger partial charge in [-0.3, -0.25) is 4.90 Å². The van der Waals surface area contributed by atoms with E-state index in [4.69, 9.17) is 10.2 Å². The van der Waals surface area contributed by atoms with Gasteiger partial charge < -0.3 is 15.3 Å². The quantitative estimate of drug-likeness (QED) is 0.560. The van der Waals surface area contributed by atoms with E-state index in [1.165, 1.54) is 4.80 Å². The van der Waals surface area contributed by atoms with Crippen LogP contribution in [-0.2, 0) is 6.54 Å². The van der Waals surface area contributed by atoms with Gasteiger partial charge in [-0.1, -0.05) is 37.4 Å². The first-order chi connectivity index (χ1) is 12.6. The molecular formula is C19H24N4O3. The molecule has 0 radical (unpaired) electrons. The number of benzene rings is 1. The SMILES string of the molecule is C=C/C=C\c1nn(-c2cccc(CN(CCO)CCO)c2O)nc1C=C. The zero-order chi connectivity index (χ0) is 18.9. The van der Waals surface area contributed by atoms with Gasteiger partial charge in [0.15, 0.2) is 0 Å². The molecule has 0 unspecified atom stereocenters. The van der Waals surface area contributed by atoms with Gasteiger partial charge in [0.05, 0.1) is 13.2 Å². The van der Waals surface area contributed by atoms with E-state index in [2.05, 4.69) is 23.4 Å². The Morgan fingerprint density at radius 1 is 1.08 bits per heavy atom. The van der Waals surface area contributed by atoms with Crippen LogP contribution in [0.3, 0.4) is 0 Å². The lowest BCUT2D eigenvalue weighted by Gasteiger charge is -2.21. The van der Waals surface area contributed by atoms with E-state index in [1.54, 1.807) is 42.5 Å². The number of hydrogen-bond donors (Lipinski definition) is 3. The molecule has 1 aromatic heterocycles. The summed E-state index contributed by atoms with van der Waals surface area (Å²) in [6, 6.07) is 5.31. The number of aliphatic hydroxyl groups excluding tert-OH is 2. The standard InChI is InChI=1S/C19H24N4O3/c1-3-5-8-17-16(4-2)20-23(21-17)18-9-6-7-15(19(18)26)14-22(10-12-24)11-13-25/h3-9,24-26H,1-2,10-14H2/b8-5-. The number of nitrogens with zero attached hydrogens (tertiary/aromatic N) is 4. The molecule has 0 fully saturated rings. The molecule has 7 heteroatoms. The molecule has 0 saturated heterocycles. The van der Waals surface area contributed by atoms with Crippen molar-refractivity contribution in [3.63, 3.8) is 0 Å². The molecule has 1 aromatic carbocycles. The lowest BCUT2D eigenvalue weighted by Crippen LogP contribution is -2.29. The number of aromatic nitrogens is 3. The molecule has 0 bridgehead atoms. The molecule has 0 aliphatic heterocycles. The maximum Gasteiger partial charge on any atom is 0.147 e. The van der Waals surface area contributed by atoms with Crippen LogP contribution in [0, 0.1) is 0 Å². The molecule has 0 spiro atoms. The van der Waals surface area contributed by atoms with Crippen LogP contribution < -0.4 is 0 Å². The van der Waals surface area contributed by atoms with Gasteiger partial charge in [0.1, 0.15) is 22.8 Å². The van der Waals surface area contributed by atoms with Crippen LogP contribution in [0.5, 0.6) is 5.75 Å². The van der Waals surface area contributed by atoms with Crippen molar-refractivity contribution < 1.29 is 15.3 Å². The molecule has 3 N–H and O–H groups in total. The van der Waals surface area contributed by atoms with Gasteiger partial charge in [0.25, 0.3) is 0 Å². The second-order valence-electron chi connectivity index (χ2n) is 5.57. The summed E-state index contributed by atoms with van der Waals surface area (Å²) >= 11 is 0. The molecule has 0 amide bonds. The van der Waals surface area contributed by atoms with Crippen LogP contribution in [0.2, 0.25) is 0 Å². The first-order valence-corrected chi connectivity index (χ1v) is 8.28. The molecule has 0 saturated carbocycles. The minimum Gasteiger partial charge on any atom is -0.505 e. The molecule has 2 rings (SSSR count). The zero-order valence-corrected chi connectivity index (χ0v) is 14.6. The fourth-order valence-electron chi connectivity index (χ4n) is 2.52. The van der Waals surface area contributed by atoms with Crippen molar-refractivity contribution >= 4 is 12.2 Å². The fourth-order valence-corrected chi connectivity index (χ4v) is 2.52. The van der Waals surface area contributed by atoms with Crippen LogP contribution in [0.1, 0.15) is 17.0 Å². The van der Waals surface area contributed by atoms with Crippen LogP contribution >= 0.6 is 0 Å². The highest BCUT2D eigenvalue weighted by Crippen LogP contribution is 2.27. The second kappa shape index (κ2) is 9.67. The summed E-state index contributed by atoms with van der Waals surface area (Å²) in [5.74, 6) is 0.0539. The van der Waals surface area contributed by atoms with Gasteiger partial charge >= 0.3 is 0 Å². The third kappa shape index (κ3) is 4.66. The summed E-state index contributed by atoms with van der Waals surface area (Å²) in [6.45, 7) is 8.51. The molecular weight excluding hydrogens is 332 g/mol. The largest absolute Gasteiger partial charge is 0.505 e. The molecule has 0 aliphatic rings. The number of para-hydroxylation sites is 1. The minimum atomic E-state index is -0.0249. The van der Waals surface area contributed by atoms with Gasteiger partial charge in [-0.05, 0) is 18.2 Å². The van der Waals surface area contributed by atoms with Gasteiger partial charge in [0, 0.05) is 25.2 Å². The number of aromatic hydroxyl groups is 1. The average Bonchev–Trinajstić information content (AvgIpc) is 3.05. The zero-order valence-electron chi connectivity index (χ0n) is 14.6. The van der Waals surface area contributed by atoms with Crippen molar-refractivity contribution in [3.8, 4) is 11.4 Å². The maximum absolute atomic E-state index is 10.7. The van der Waals surface area contributed by atoms with Gasteiger partial charge in [-0.15, -0.1) is 15.0 Å². The van der Waals surface area contributed by atoms with E-state index in [0.29, 0.717) is 42.3 Å². The Bertz CT molecular complexity index is 777. The van der Waals surface area contributed by atoms with Gasteiger partial charge in [-0.25, -0.2) is 0 Å². The Morgan fingerprint density at radius 2 is 1.77 bits per heavy atom. The second-order valence-corrected chi connectivity index (χ2v) is 5.57. The summed E-state index contributed by atoms with van der Waals surface area (Å²) in [7, 11) is 0. The molecule has 0 atom stereocenters. The Labute approximate surface area is 152 Å². The van der Waals surface area contributed by atoms with Crippen molar-refractivity contribution in [2.24, 2.45) is 0 Å². The van der Waals surface area contributed by atoms with Gasteiger partial charge in [-0.2, -0.15) is 0 Å². The van der Waals surface area contributed by atoms with E-state index in [-0.39, 0.29) is 19.0 Å². The van der Waals surface area contributed by atoms with Crippen LogP contribution in [0.25, 0.3) is 17.8 Å². The lowest BCUT2D eigenvalue weighted by molar-refractivity contribution is 0.155. The molecule has 2 aromatic rings. The van der Waals surface area contributed by atoms with E-state index >= 15 is 0 Å². The van der Waals surface area contributed by atoms with E-state index in [9.17, 15) is 5.11 Å². The van der Waals surface area contributed by atoms with Crippen molar-refractivity contribution in [1.82, 2.24) is 19.9 Å². The number of rotatable bonds is 10. The van der Waals surface area contributed by atoms with Crippen LogP contribution in [0.4, 0.5) is 0 Å². The average molecular weight is 356 g/mol. The molecule has 138 valence electrons. The number of phenolic OH excluding ortho intramolecular Hbond substituents is 1. The summed E-state index contributed by atoms with van der Waals surface area (Å²) in [5.41, 5.74) is 2.31. The highest BCUT2D eigenvalue weighted by Gasteiger charge is 2.15. The summed E-state index contributed by atoms with van der Waals surface area (Å²) in [5, 5.41) is 37.7. The smallest absolute Gasteiger partial charge is 0.147 e. The summed E-state index contributed by atoms with van der Waals surface area (Å²) in [6.07, 6.45) is 6.75. The highest BCUT2D eigenvalue weighted by molar-refractivity contribution is 5.59. The van der Waals surface area contributed by atoms with Crippen molar-refractivity contribution in [2.75, 3.05) is 26.3 Å². The summed E-state index contributed by atoms with van der Waals surface area (Å²) < 4.78 is 0. The topological polar surface area (TPSA) is 94.6 Å². The molecule has 26 heavy (non-hydrogen) atoms. The van der Waals surface area contributed by atoms with Crippen LogP contribution in [0.15, 0.2) is 43.5 Å². The van der Waals surface area contributed by atoms with E-state index in [1.807, 2.05) is 4.90 Å².